The first-order chi connectivity index (χ1) is 13.5. The van der Waals surface area contributed by atoms with Gasteiger partial charge in [0.05, 0.1) is 5.02 Å². The van der Waals surface area contributed by atoms with Gasteiger partial charge in [0.2, 0.25) is 11.8 Å². The van der Waals surface area contributed by atoms with E-state index in [1.807, 2.05) is 61.5 Å². The van der Waals surface area contributed by atoms with Gasteiger partial charge in [0.15, 0.2) is 11.3 Å². The summed E-state index contributed by atoms with van der Waals surface area (Å²) in [6.45, 7) is 3.35. The molecule has 140 valence electrons. The fourth-order valence-electron chi connectivity index (χ4n) is 3.00. The first kappa shape index (κ1) is 18.1. The molecule has 0 aliphatic rings. The van der Waals surface area contributed by atoms with E-state index in [-0.39, 0.29) is 5.91 Å². The Labute approximate surface area is 166 Å². The maximum absolute atomic E-state index is 11.1. The van der Waals surface area contributed by atoms with Crippen molar-refractivity contribution in [3.8, 4) is 28.3 Å². The minimum atomic E-state index is -0.257. The normalized spacial score (nSPS) is 10.8. The summed E-state index contributed by atoms with van der Waals surface area (Å²) in [5, 5.41) is 0.541. The number of benzene rings is 3. The molecule has 1 amide bonds. The summed E-state index contributed by atoms with van der Waals surface area (Å²) in [4.78, 5) is 21.0. The summed E-state index contributed by atoms with van der Waals surface area (Å²) in [6.07, 6.45) is 0. The fraction of sp³-hybridized carbons (Fsp3) is 0.0909. The van der Waals surface area contributed by atoms with Crippen molar-refractivity contribution in [2.24, 2.45) is 0 Å². The lowest BCUT2D eigenvalue weighted by atomic mass is 9.99. The number of hydroxylamine groups is 1. The molecule has 4 aromatic rings. The van der Waals surface area contributed by atoms with Gasteiger partial charge in [-0.15, -0.1) is 0 Å². The molecular formula is C22H17ClN2O3. The van der Waals surface area contributed by atoms with Crippen LogP contribution in [-0.2, 0) is 4.79 Å². The van der Waals surface area contributed by atoms with E-state index >= 15 is 0 Å². The summed E-state index contributed by atoms with van der Waals surface area (Å²) in [5.74, 6) is 0.868. The van der Waals surface area contributed by atoms with E-state index in [1.54, 1.807) is 6.07 Å². The Morgan fingerprint density at radius 3 is 2.46 bits per heavy atom. The Morgan fingerprint density at radius 2 is 1.75 bits per heavy atom. The number of carbonyl (C=O) groups excluding carboxylic acids is 1. The lowest BCUT2D eigenvalue weighted by Gasteiger charge is -2.12. The summed E-state index contributed by atoms with van der Waals surface area (Å²) < 4.78 is 5.82. The van der Waals surface area contributed by atoms with Crippen LogP contribution >= 0.6 is 11.6 Å². The molecule has 1 heterocycles. The molecule has 0 bridgehead atoms. The van der Waals surface area contributed by atoms with Crippen LogP contribution < -0.4 is 10.3 Å². The predicted molar refractivity (Wildman–Crippen MR) is 109 cm³/mol. The van der Waals surface area contributed by atoms with Gasteiger partial charge in [-0.2, -0.15) is 5.48 Å². The summed E-state index contributed by atoms with van der Waals surface area (Å²) in [6, 6.07) is 19.1. The quantitative estimate of drug-likeness (QED) is 0.462. The van der Waals surface area contributed by atoms with E-state index < -0.39 is 0 Å². The lowest BCUT2D eigenvalue weighted by molar-refractivity contribution is -0.125. The molecule has 5 nitrogen and oxygen atoms in total. The Kier molecular flexibility index (Phi) is 4.75. The second-order valence-electron chi connectivity index (χ2n) is 6.37. The van der Waals surface area contributed by atoms with Crippen molar-refractivity contribution in [3.63, 3.8) is 0 Å². The molecule has 0 aliphatic heterocycles. The van der Waals surface area contributed by atoms with Crippen LogP contribution in [0.3, 0.4) is 0 Å². The van der Waals surface area contributed by atoms with Gasteiger partial charge in [0, 0.05) is 18.1 Å². The number of oxazole rings is 1. The molecule has 0 radical (unpaired) electrons. The van der Waals surface area contributed by atoms with Crippen molar-refractivity contribution in [2.45, 2.75) is 13.8 Å². The van der Waals surface area contributed by atoms with Gasteiger partial charge in [-0.05, 0) is 48.4 Å². The molecule has 0 unspecified atom stereocenters. The highest BCUT2D eigenvalue weighted by Gasteiger charge is 2.12. The monoisotopic (exact) mass is 392 g/mol. The first-order valence-electron chi connectivity index (χ1n) is 8.72. The number of para-hydroxylation sites is 1. The third-order valence-electron chi connectivity index (χ3n) is 4.40. The molecular weight excluding hydrogens is 376 g/mol. The molecule has 1 N–H and O–H groups in total. The van der Waals surface area contributed by atoms with Crippen LogP contribution in [0.4, 0.5) is 0 Å². The average Bonchev–Trinajstić information content (AvgIpc) is 3.13. The van der Waals surface area contributed by atoms with Crippen LogP contribution in [0.1, 0.15) is 12.5 Å². The van der Waals surface area contributed by atoms with E-state index in [0.29, 0.717) is 22.2 Å². The molecule has 4 rings (SSSR count). The molecule has 0 saturated heterocycles. The molecule has 6 heteroatoms. The van der Waals surface area contributed by atoms with E-state index in [4.69, 9.17) is 20.9 Å². The number of hydrogen-bond acceptors (Lipinski definition) is 4. The van der Waals surface area contributed by atoms with Gasteiger partial charge in [0.25, 0.3) is 0 Å². The highest BCUT2D eigenvalue weighted by Crippen LogP contribution is 2.33. The number of aromatic nitrogens is 1. The van der Waals surface area contributed by atoms with Crippen LogP contribution in [0.15, 0.2) is 65.1 Å². The number of hydrogen-bond donors (Lipinski definition) is 1. The van der Waals surface area contributed by atoms with Crippen LogP contribution in [0, 0.1) is 6.92 Å². The molecule has 28 heavy (non-hydrogen) atoms. The van der Waals surface area contributed by atoms with E-state index in [1.165, 1.54) is 6.92 Å². The Balaban J connectivity index is 1.65. The largest absolute Gasteiger partial charge is 0.435 e. The third kappa shape index (κ3) is 3.44. The molecule has 0 aliphatic carbocycles. The lowest BCUT2D eigenvalue weighted by Crippen LogP contribution is -2.24. The first-order valence-corrected chi connectivity index (χ1v) is 9.09. The van der Waals surface area contributed by atoms with Gasteiger partial charge in [-0.3, -0.25) is 4.79 Å². The van der Waals surface area contributed by atoms with Crippen molar-refractivity contribution < 1.29 is 14.0 Å². The van der Waals surface area contributed by atoms with Crippen LogP contribution in [0.5, 0.6) is 5.75 Å². The minimum Gasteiger partial charge on any atom is -0.435 e. The molecule has 0 atom stereocenters. The maximum atomic E-state index is 11.1. The van der Waals surface area contributed by atoms with Crippen molar-refractivity contribution in [2.75, 3.05) is 0 Å². The zero-order valence-corrected chi connectivity index (χ0v) is 16.1. The standard InChI is InChI=1S/C22H17ClN2O3/c1-13-17(5-3-8-20(13)28-25-14(2)26)15-9-11-16(12-10-15)22-24-19-7-4-6-18(23)21(19)27-22/h3-12H,1-2H3,(H,25,26). The number of nitrogens with one attached hydrogen (secondary N) is 1. The number of halogens is 1. The Hall–Kier alpha value is -3.31. The predicted octanol–water partition coefficient (Wildman–Crippen LogP) is 5.55. The number of rotatable bonds is 4. The zero-order chi connectivity index (χ0) is 19.7. The number of nitrogens with zero attached hydrogens (tertiary/aromatic N) is 1. The van der Waals surface area contributed by atoms with Crippen LogP contribution in [-0.4, -0.2) is 10.9 Å². The molecule has 0 fully saturated rings. The Morgan fingerprint density at radius 1 is 1.04 bits per heavy atom. The molecule has 0 spiro atoms. The number of fused-ring (bicyclic) bond motifs is 1. The smallest absolute Gasteiger partial charge is 0.249 e. The van der Waals surface area contributed by atoms with Gasteiger partial charge < -0.3 is 9.25 Å². The molecule has 0 saturated carbocycles. The van der Waals surface area contributed by atoms with Gasteiger partial charge in [-0.25, -0.2) is 4.98 Å². The van der Waals surface area contributed by atoms with Gasteiger partial charge in [0.1, 0.15) is 5.52 Å². The summed E-state index contributed by atoms with van der Waals surface area (Å²) in [7, 11) is 0. The van der Waals surface area contributed by atoms with Crippen molar-refractivity contribution >= 4 is 28.6 Å². The van der Waals surface area contributed by atoms with E-state index in [9.17, 15) is 4.79 Å². The minimum absolute atomic E-state index is 0.257. The van der Waals surface area contributed by atoms with Crippen molar-refractivity contribution in [1.29, 1.82) is 0 Å². The van der Waals surface area contributed by atoms with E-state index in [2.05, 4.69) is 10.5 Å². The van der Waals surface area contributed by atoms with Crippen molar-refractivity contribution in [3.05, 3.63) is 71.2 Å². The fourth-order valence-corrected chi connectivity index (χ4v) is 3.20. The third-order valence-corrected chi connectivity index (χ3v) is 4.70. The summed E-state index contributed by atoms with van der Waals surface area (Å²) >= 11 is 6.17. The number of carbonyl (C=O) groups is 1. The average molecular weight is 393 g/mol. The van der Waals surface area contributed by atoms with Crippen molar-refractivity contribution in [1.82, 2.24) is 10.5 Å². The second kappa shape index (κ2) is 7.37. The second-order valence-corrected chi connectivity index (χ2v) is 6.78. The van der Waals surface area contributed by atoms with Gasteiger partial charge >= 0.3 is 0 Å². The zero-order valence-electron chi connectivity index (χ0n) is 15.3. The maximum Gasteiger partial charge on any atom is 0.249 e. The topological polar surface area (TPSA) is 64.4 Å². The highest BCUT2D eigenvalue weighted by molar-refractivity contribution is 6.34. The SMILES string of the molecule is CC(=O)NOc1cccc(-c2ccc(-c3nc4cccc(Cl)c4o3)cc2)c1C. The van der Waals surface area contributed by atoms with Crippen LogP contribution in [0.2, 0.25) is 5.02 Å². The van der Waals surface area contributed by atoms with Crippen LogP contribution in [0.25, 0.3) is 33.7 Å². The molecule has 1 aromatic heterocycles. The van der Waals surface area contributed by atoms with Gasteiger partial charge in [-0.1, -0.05) is 41.9 Å². The number of amides is 1. The summed E-state index contributed by atoms with van der Waals surface area (Å²) in [5.41, 5.74) is 7.49. The highest BCUT2D eigenvalue weighted by atomic mass is 35.5. The van der Waals surface area contributed by atoms with E-state index in [0.717, 1.165) is 27.8 Å². The molecule has 3 aromatic carbocycles. The Bertz CT molecular complexity index is 1170.